The van der Waals surface area contributed by atoms with Gasteiger partial charge in [-0.15, -0.1) is 0 Å². The van der Waals surface area contributed by atoms with Crippen molar-refractivity contribution >= 4 is 0 Å². The second kappa shape index (κ2) is 6.26. The van der Waals surface area contributed by atoms with Crippen LogP contribution in [0.4, 0.5) is 0 Å². The zero-order valence-corrected chi connectivity index (χ0v) is 19.5. The van der Waals surface area contributed by atoms with Crippen molar-refractivity contribution in [1.82, 2.24) is 0 Å². The fourth-order valence-corrected chi connectivity index (χ4v) is 12.4. The predicted octanol–water partition coefficient (Wildman–Crippen LogP) is 7.39. The minimum Gasteiger partial charge on any atom is -0.0651 e. The fourth-order valence-electron chi connectivity index (χ4n) is 12.4. The van der Waals surface area contributed by atoms with Crippen LogP contribution < -0.4 is 0 Å². The zero-order valence-electron chi connectivity index (χ0n) is 19.5. The van der Waals surface area contributed by atoms with Gasteiger partial charge in [0.1, 0.15) is 0 Å². The molecule has 6 rings (SSSR count). The molecule has 0 heterocycles. The first-order chi connectivity index (χ1) is 13.5. The van der Waals surface area contributed by atoms with E-state index in [1.54, 1.807) is 19.3 Å². The predicted molar refractivity (Wildman–Crippen MR) is 118 cm³/mol. The first kappa shape index (κ1) is 18.7. The molecule has 0 heteroatoms. The van der Waals surface area contributed by atoms with E-state index < -0.39 is 0 Å². The number of rotatable bonds is 2. The molecule has 0 saturated heterocycles. The minimum absolute atomic E-state index is 1.01. The summed E-state index contributed by atoms with van der Waals surface area (Å²) in [5.74, 6) is 17.2. The molecule has 0 radical (unpaired) electrons. The van der Waals surface area contributed by atoms with E-state index >= 15 is 0 Å². The maximum Gasteiger partial charge on any atom is -0.0320 e. The van der Waals surface area contributed by atoms with Gasteiger partial charge in [-0.2, -0.15) is 0 Å². The van der Waals surface area contributed by atoms with Crippen LogP contribution in [0.1, 0.15) is 80.1 Å². The van der Waals surface area contributed by atoms with E-state index in [0.29, 0.717) is 0 Å². The van der Waals surface area contributed by atoms with Crippen molar-refractivity contribution in [2.75, 3.05) is 0 Å². The first-order valence-corrected chi connectivity index (χ1v) is 13.5. The third-order valence-corrected chi connectivity index (χ3v) is 12.8. The number of hydrogen-bond acceptors (Lipinski definition) is 0. The van der Waals surface area contributed by atoms with Gasteiger partial charge in [0.15, 0.2) is 0 Å². The molecule has 0 spiro atoms. The van der Waals surface area contributed by atoms with Crippen LogP contribution in [-0.4, -0.2) is 0 Å². The number of fused-ring (bicyclic) bond motifs is 13. The summed E-state index contributed by atoms with van der Waals surface area (Å²) in [6.07, 6.45) is 9.29. The largest absolute Gasteiger partial charge is 0.0651 e. The van der Waals surface area contributed by atoms with E-state index in [-0.39, 0.29) is 0 Å². The van der Waals surface area contributed by atoms with Gasteiger partial charge in [-0.25, -0.2) is 0 Å². The van der Waals surface area contributed by atoms with Crippen molar-refractivity contribution in [3.8, 4) is 0 Å². The summed E-state index contributed by atoms with van der Waals surface area (Å²) >= 11 is 0. The van der Waals surface area contributed by atoms with Gasteiger partial charge in [-0.1, -0.05) is 54.4 Å². The lowest BCUT2D eigenvalue weighted by Crippen LogP contribution is -2.55. The molecule has 6 fully saturated rings. The third kappa shape index (κ3) is 2.10. The van der Waals surface area contributed by atoms with Crippen LogP contribution in [0.3, 0.4) is 0 Å². The molecule has 0 aromatic heterocycles. The molecule has 6 saturated carbocycles. The summed E-state index contributed by atoms with van der Waals surface area (Å²) < 4.78 is 0. The standard InChI is InChI=1S/C28H46/c1-7-17-9-13(3)23-21-12-22(25(23)14(17)4)28-16(6)26-20-11-19(10-18(20)8-2)24(26)15(5)27(21)28/h13-28H,7-12H2,1-6H3. The molecule has 6 aliphatic carbocycles. The lowest BCUT2D eigenvalue weighted by atomic mass is 9.45. The second-order valence-corrected chi connectivity index (χ2v) is 13.0. The topological polar surface area (TPSA) is 0 Å². The normalized spacial score (nSPS) is 66.6. The van der Waals surface area contributed by atoms with Gasteiger partial charge < -0.3 is 0 Å². The van der Waals surface area contributed by atoms with E-state index in [4.69, 9.17) is 0 Å². The molecular weight excluding hydrogens is 336 g/mol. The molecule has 0 N–H and O–H groups in total. The van der Waals surface area contributed by atoms with Crippen molar-refractivity contribution in [2.45, 2.75) is 80.1 Å². The van der Waals surface area contributed by atoms with Crippen LogP contribution in [0.25, 0.3) is 0 Å². The molecule has 16 unspecified atom stereocenters. The smallest absolute Gasteiger partial charge is 0.0320 e. The molecule has 0 aliphatic heterocycles. The minimum atomic E-state index is 1.01. The lowest BCUT2D eigenvalue weighted by molar-refractivity contribution is -0.124. The van der Waals surface area contributed by atoms with Crippen LogP contribution >= 0.6 is 0 Å². The summed E-state index contributed by atoms with van der Waals surface area (Å²) in [5.41, 5.74) is 0. The monoisotopic (exact) mass is 382 g/mol. The zero-order chi connectivity index (χ0) is 19.5. The quantitative estimate of drug-likeness (QED) is 0.467. The summed E-state index contributed by atoms with van der Waals surface area (Å²) in [6.45, 7) is 15.8. The summed E-state index contributed by atoms with van der Waals surface area (Å²) in [6, 6.07) is 0. The Morgan fingerprint density at radius 3 is 1.75 bits per heavy atom. The molecule has 0 aromatic carbocycles. The maximum atomic E-state index is 2.76. The van der Waals surface area contributed by atoms with Crippen LogP contribution in [0, 0.1) is 94.7 Å². The molecule has 0 amide bonds. The highest BCUT2D eigenvalue weighted by atomic mass is 14.7. The first-order valence-electron chi connectivity index (χ1n) is 13.5. The van der Waals surface area contributed by atoms with Crippen molar-refractivity contribution in [2.24, 2.45) is 94.7 Å². The maximum absolute atomic E-state index is 2.76. The Morgan fingerprint density at radius 1 is 0.500 bits per heavy atom. The van der Waals surface area contributed by atoms with Crippen molar-refractivity contribution in [3.05, 3.63) is 0 Å². The van der Waals surface area contributed by atoms with Crippen molar-refractivity contribution in [1.29, 1.82) is 0 Å². The third-order valence-electron chi connectivity index (χ3n) is 12.8. The van der Waals surface area contributed by atoms with Gasteiger partial charge in [0.05, 0.1) is 0 Å². The Labute approximate surface area is 175 Å². The fraction of sp³-hybridized carbons (Fsp3) is 1.00. The Kier molecular flexibility index (Phi) is 4.19. The Balaban J connectivity index is 1.36. The van der Waals surface area contributed by atoms with E-state index in [9.17, 15) is 0 Å². The lowest BCUT2D eigenvalue weighted by Gasteiger charge is -2.60. The Bertz CT molecular complexity index is 622. The molecule has 6 aliphatic rings. The molecule has 0 aromatic rings. The van der Waals surface area contributed by atoms with Crippen LogP contribution in [0.5, 0.6) is 0 Å². The van der Waals surface area contributed by atoms with Gasteiger partial charge in [0.2, 0.25) is 0 Å². The second-order valence-electron chi connectivity index (χ2n) is 13.0. The van der Waals surface area contributed by atoms with Crippen molar-refractivity contribution < 1.29 is 0 Å². The SMILES string of the molecule is CCC1CC(C)C2C3CC(C2C1C)C1C(C)C2C4CC(CC4CC)C2C(C)C31. The van der Waals surface area contributed by atoms with Crippen LogP contribution in [-0.2, 0) is 0 Å². The number of hydrogen-bond donors (Lipinski definition) is 0. The molecule has 0 nitrogen and oxygen atoms in total. The summed E-state index contributed by atoms with van der Waals surface area (Å²) in [7, 11) is 0. The van der Waals surface area contributed by atoms with Gasteiger partial charge in [0.25, 0.3) is 0 Å². The van der Waals surface area contributed by atoms with Gasteiger partial charge in [-0.3, -0.25) is 0 Å². The Morgan fingerprint density at radius 2 is 1.07 bits per heavy atom. The van der Waals surface area contributed by atoms with Crippen molar-refractivity contribution in [3.63, 3.8) is 0 Å². The van der Waals surface area contributed by atoms with E-state index in [1.807, 2.05) is 0 Å². The average Bonchev–Trinajstić information content (AvgIpc) is 3.44. The highest BCUT2D eigenvalue weighted by molar-refractivity contribution is 5.17. The molecular formula is C28H46. The molecule has 28 heavy (non-hydrogen) atoms. The van der Waals surface area contributed by atoms with E-state index in [2.05, 4.69) is 41.5 Å². The summed E-state index contributed by atoms with van der Waals surface area (Å²) in [5, 5.41) is 0. The Hall–Kier alpha value is 0. The van der Waals surface area contributed by atoms with Gasteiger partial charge in [-0.05, 0) is 120 Å². The highest BCUT2D eigenvalue weighted by Gasteiger charge is 2.69. The highest BCUT2D eigenvalue weighted by Crippen LogP contribution is 2.75. The average molecular weight is 383 g/mol. The molecule has 16 atom stereocenters. The summed E-state index contributed by atoms with van der Waals surface area (Å²) in [4.78, 5) is 0. The van der Waals surface area contributed by atoms with Crippen LogP contribution in [0.15, 0.2) is 0 Å². The molecule has 4 bridgehead atoms. The van der Waals surface area contributed by atoms with Crippen LogP contribution in [0.2, 0.25) is 0 Å². The van der Waals surface area contributed by atoms with E-state index in [1.165, 1.54) is 19.3 Å². The molecule has 158 valence electrons. The van der Waals surface area contributed by atoms with Gasteiger partial charge >= 0.3 is 0 Å². The van der Waals surface area contributed by atoms with E-state index in [0.717, 1.165) is 94.7 Å². The van der Waals surface area contributed by atoms with Gasteiger partial charge in [0, 0.05) is 0 Å².